The molecule has 2 fully saturated rings. The summed E-state index contributed by atoms with van der Waals surface area (Å²) in [5.74, 6) is 1.47. The Morgan fingerprint density at radius 1 is 1.21 bits per heavy atom. The number of benzene rings is 1. The summed E-state index contributed by atoms with van der Waals surface area (Å²) in [6, 6.07) is 9.64. The quantitative estimate of drug-likeness (QED) is 0.787. The molecule has 0 bridgehead atoms. The van der Waals surface area contributed by atoms with Crippen LogP contribution in [0.4, 0.5) is 0 Å². The lowest BCUT2D eigenvalue weighted by Crippen LogP contribution is -2.66. The molecule has 2 saturated heterocycles. The Hall–Kier alpha value is -2.02. The lowest BCUT2D eigenvalue weighted by Gasteiger charge is -2.42. The van der Waals surface area contributed by atoms with Gasteiger partial charge in [0, 0.05) is 31.0 Å². The fourth-order valence-corrected chi connectivity index (χ4v) is 3.89. The summed E-state index contributed by atoms with van der Waals surface area (Å²) in [4.78, 5) is 39.4. The maximum Gasteiger partial charge on any atom is 0.245 e. The number of fused-ring (bicyclic) bond motifs is 1. The average Bonchev–Trinajstić information content (AvgIpc) is 2.62. The minimum atomic E-state index is -0.527. The van der Waals surface area contributed by atoms with E-state index in [1.165, 1.54) is 5.56 Å². The molecule has 1 aromatic rings. The highest BCUT2D eigenvalue weighted by molar-refractivity contribution is 7.98. The summed E-state index contributed by atoms with van der Waals surface area (Å²) in [6.07, 6.45) is 0.458. The van der Waals surface area contributed by atoms with Crippen LogP contribution in [0.3, 0.4) is 0 Å². The number of nitrogens with one attached hydrogen (secondary N) is 1. The Morgan fingerprint density at radius 3 is 2.79 bits per heavy atom. The molecule has 6 nitrogen and oxygen atoms in total. The summed E-state index contributed by atoms with van der Waals surface area (Å²) in [5, 5.41) is 2.59. The van der Waals surface area contributed by atoms with Crippen molar-refractivity contribution >= 4 is 29.5 Å². The van der Waals surface area contributed by atoms with Gasteiger partial charge >= 0.3 is 0 Å². The van der Waals surface area contributed by atoms with Gasteiger partial charge in [-0.15, -0.1) is 0 Å². The normalized spacial score (nSPS) is 20.6. The molecule has 24 heavy (non-hydrogen) atoms. The minimum absolute atomic E-state index is 0.0565. The third-order valence-corrected chi connectivity index (χ3v) is 5.37. The summed E-state index contributed by atoms with van der Waals surface area (Å²) in [6.45, 7) is 1.33. The van der Waals surface area contributed by atoms with E-state index in [-0.39, 0.29) is 24.3 Å². The number of rotatable bonds is 5. The zero-order valence-electron chi connectivity index (χ0n) is 13.4. The van der Waals surface area contributed by atoms with Gasteiger partial charge in [0.25, 0.3) is 0 Å². The van der Waals surface area contributed by atoms with Gasteiger partial charge in [0.2, 0.25) is 17.7 Å². The summed E-state index contributed by atoms with van der Waals surface area (Å²) in [7, 11) is 0. The van der Waals surface area contributed by atoms with E-state index in [1.807, 2.05) is 18.2 Å². The van der Waals surface area contributed by atoms with Gasteiger partial charge < -0.3 is 15.1 Å². The number of carbonyl (C=O) groups excluding carboxylic acids is 3. The molecule has 2 aliphatic rings. The molecule has 0 saturated carbocycles. The molecule has 2 aliphatic heterocycles. The number of hydrogen-bond acceptors (Lipinski definition) is 4. The van der Waals surface area contributed by atoms with Gasteiger partial charge in [-0.2, -0.15) is 11.8 Å². The molecule has 1 N–H and O–H groups in total. The Balaban J connectivity index is 1.44. The largest absolute Gasteiger partial charge is 0.345 e. The van der Waals surface area contributed by atoms with Crippen molar-refractivity contribution < 1.29 is 14.4 Å². The van der Waals surface area contributed by atoms with Gasteiger partial charge in [0.05, 0.1) is 13.1 Å². The van der Waals surface area contributed by atoms with Crippen molar-refractivity contribution in [2.75, 3.05) is 31.9 Å². The molecular formula is C17H21N3O3S. The molecule has 1 aromatic carbocycles. The van der Waals surface area contributed by atoms with Crippen molar-refractivity contribution in [3.05, 3.63) is 35.9 Å². The lowest BCUT2D eigenvalue weighted by molar-refractivity contribution is -0.152. The number of piperazine rings is 2. The zero-order chi connectivity index (χ0) is 16.9. The second-order valence-corrected chi connectivity index (χ2v) is 7.05. The van der Waals surface area contributed by atoms with Crippen molar-refractivity contribution in [1.29, 1.82) is 0 Å². The molecule has 3 rings (SSSR count). The molecule has 0 radical (unpaired) electrons. The van der Waals surface area contributed by atoms with Crippen LogP contribution in [0.15, 0.2) is 30.3 Å². The number of hydrogen-bond donors (Lipinski definition) is 1. The standard InChI is InChI=1S/C17H21N3O3S/c21-15(6-9-24-12-13-4-2-1-3-5-13)19-7-8-20-14(11-19)17(23)18-10-16(20)22/h1-5,14H,6-12H2,(H,18,23). The van der Waals surface area contributed by atoms with Crippen molar-refractivity contribution in [1.82, 2.24) is 15.1 Å². The highest BCUT2D eigenvalue weighted by atomic mass is 32.2. The van der Waals surface area contributed by atoms with Crippen LogP contribution in [0.5, 0.6) is 0 Å². The lowest BCUT2D eigenvalue weighted by atomic mass is 10.1. The van der Waals surface area contributed by atoms with Gasteiger partial charge in [0.15, 0.2) is 0 Å². The van der Waals surface area contributed by atoms with Gasteiger partial charge in [-0.05, 0) is 5.56 Å². The fraction of sp³-hybridized carbons (Fsp3) is 0.471. The van der Waals surface area contributed by atoms with Crippen molar-refractivity contribution in [3.8, 4) is 0 Å². The minimum Gasteiger partial charge on any atom is -0.345 e. The molecule has 0 aromatic heterocycles. The second kappa shape index (κ2) is 7.70. The second-order valence-electron chi connectivity index (χ2n) is 5.95. The van der Waals surface area contributed by atoms with Crippen LogP contribution < -0.4 is 5.32 Å². The van der Waals surface area contributed by atoms with Gasteiger partial charge in [-0.3, -0.25) is 14.4 Å². The molecule has 1 atom stereocenters. The summed E-state index contributed by atoms with van der Waals surface area (Å²) in [5.41, 5.74) is 1.25. The van der Waals surface area contributed by atoms with E-state index >= 15 is 0 Å². The van der Waals surface area contributed by atoms with Crippen LogP contribution in [0, 0.1) is 0 Å². The highest BCUT2D eigenvalue weighted by Gasteiger charge is 2.39. The number of carbonyl (C=O) groups is 3. The van der Waals surface area contributed by atoms with Crippen LogP contribution in [-0.4, -0.2) is 65.5 Å². The fourth-order valence-electron chi connectivity index (χ4n) is 3.00. The molecule has 128 valence electrons. The maximum absolute atomic E-state index is 12.3. The average molecular weight is 347 g/mol. The zero-order valence-corrected chi connectivity index (χ0v) is 14.3. The first-order valence-corrected chi connectivity index (χ1v) is 9.27. The smallest absolute Gasteiger partial charge is 0.245 e. The van der Waals surface area contributed by atoms with Crippen molar-refractivity contribution in [3.63, 3.8) is 0 Å². The first-order valence-electron chi connectivity index (χ1n) is 8.12. The van der Waals surface area contributed by atoms with E-state index in [0.29, 0.717) is 26.1 Å². The Morgan fingerprint density at radius 2 is 2.00 bits per heavy atom. The topological polar surface area (TPSA) is 69.7 Å². The van der Waals surface area contributed by atoms with Crippen molar-refractivity contribution in [2.45, 2.75) is 18.2 Å². The monoisotopic (exact) mass is 347 g/mol. The van der Waals surface area contributed by atoms with Gasteiger partial charge in [-0.1, -0.05) is 30.3 Å². The summed E-state index contributed by atoms with van der Waals surface area (Å²) < 4.78 is 0. The Kier molecular flexibility index (Phi) is 5.40. The Labute approximate surface area is 145 Å². The van der Waals surface area contributed by atoms with Crippen LogP contribution >= 0.6 is 11.8 Å². The van der Waals surface area contributed by atoms with E-state index in [2.05, 4.69) is 17.4 Å². The molecular weight excluding hydrogens is 326 g/mol. The van der Waals surface area contributed by atoms with Crippen LogP contribution in [-0.2, 0) is 20.1 Å². The van der Waals surface area contributed by atoms with Crippen LogP contribution in [0.1, 0.15) is 12.0 Å². The van der Waals surface area contributed by atoms with Gasteiger partial charge in [0.1, 0.15) is 6.04 Å². The van der Waals surface area contributed by atoms with E-state index in [1.54, 1.807) is 21.6 Å². The molecule has 1 unspecified atom stereocenters. The van der Waals surface area contributed by atoms with Crippen molar-refractivity contribution in [2.24, 2.45) is 0 Å². The molecule has 3 amide bonds. The Bertz CT molecular complexity index is 623. The predicted molar refractivity (Wildman–Crippen MR) is 92.3 cm³/mol. The number of nitrogens with zero attached hydrogens (tertiary/aromatic N) is 2. The molecule has 0 spiro atoms. The van der Waals surface area contributed by atoms with E-state index in [9.17, 15) is 14.4 Å². The number of amides is 3. The SMILES string of the molecule is O=C1NCC(=O)N2CCN(C(=O)CCSCc3ccccc3)CC12. The third kappa shape index (κ3) is 3.90. The predicted octanol–water partition coefficient (Wildman–Crippen LogP) is 0.479. The highest BCUT2D eigenvalue weighted by Crippen LogP contribution is 2.17. The molecule has 7 heteroatoms. The van der Waals surface area contributed by atoms with E-state index < -0.39 is 6.04 Å². The maximum atomic E-state index is 12.3. The summed E-state index contributed by atoms with van der Waals surface area (Å²) >= 11 is 1.73. The van der Waals surface area contributed by atoms with Crippen LogP contribution in [0.25, 0.3) is 0 Å². The van der Waals surface area contributed by atoms with E-state index in [4.69, 9.17) is 0 Å². The van der Waals surface area contributed by atoms with E-state index in [0.717, 1.165) is 11.5 Å². The first kappa shape index (κ1) is 16.8. The van der Waals surface area contributed by atoms with Crippen LogP contribution in [0.2, 0.25) is 0 Å². The molecule has 0 aliphatic carbocycles. The number of thioether (sulfide) groups is 1. The first-order chi connectivity index (χ1) is 11.6. The third-order valence-electron chi connectivity index (χ3n) is 4.34. The van der Waals surface area contributed by atoms with Gasteiger partial charge in [-0.25, -0.2) is 0 Å². The molecule has 2 heterocycles.